The smallest absolute Gasteiger partial charge is 0.0326 e. The Bertz CT molecular complexity index is 239. The Hall–Kier alpha value is -0.0800. The summed E-state index contributed by atoms with van der Waals surface area (Å²) in [6, 6.07) is 0.303. The summed E-state index contributed by atoms with van der Waals surface area (Å²) >= 11 is 0. The minimum atomic E-state index is 0.144. The molecule has 5 unspecified atom stereocenters. The number of nitrogens with two attached hydrogens (primary N) is 1. The summed E-state index contributed by atoms with van der Waals surface area (Å²) in [5.41, 5.74) is 6.75. The Labute approximate surface area is 108 Å². The van der Waals surface area contributed by atoms with E-state index in [9.17, 15) is 0 Å². The Balaban J connectivity index is 2.72. The summed E-state index contributed by atoms with van der Waals surface area (Å²) in [4.78, 5) is 2.32. The lowest BCUT2D eigenvalue weighted by atomic mass is 9.69. The Morgan fingerprint density at radius 2 is 1.82 bits per heavy atom. The monoisotopic (exact) mass is 240 g/mol. The van der Waals surface area contributed by atoms with Crippen LogP contribution >= 0.6 is 0 Å². The molecule has 2 nitrogen and oxygen atoms in total. The third-order valence-electron chi connectivity index (χ3n) is 5.60. The predicted molar refractivity (Wildman–Crippen MR) is 76.0 cm³/mol. The van der Waals surface area contributed by atoms with E-state index < -0.39 is 0 Å². The zero-order chi connectivity index (χ0) is 13.2. The van der Waals surface area contributed by atoms with Gasteiger partial charge >= 0.3 is 0 Å². The third kappa shape index (κ3) is 3.03. The molecule has 1 rings (SSSR count). The van der Waals surface area contributed by atoms with E-state index >= 15 is 0 Å². The van der Waals surface area contributed by atoms with E-state index in [1.165, 1.54) is 19.3 Å². The van der Waals surface area contributed by atoms with E-state index in [1.54, 1.807) is 0 Å². The first-order valence-corrected chi connectivity index (χ1v) is 7.26. The molecule has 0 aliphatic heterocycles. The fraction of sp³-hybridized carbons (Fsp3) is 1.00. The second-order valence-corrected chi connectivity index (χ2v) is 6.66. The molecule has 17 heavy (non-hydrogen) atoms. The molecule has 1 saturated carbocycles. The standard InChI is InChI=1S/C15H32N2/c1-7-15(4,17(5)6)14(16)13-9-8-11(2)12(3)10-13/h11-14H,7-10,16H2,1-6H3. The zero-order valence-electron chi connectivity index (χ0n) is 12.7. The fourth-order valence-corrected chi connectivity index (χ4v) is 3.27. The molecular weight excluding hydrogens is 208 g/mol. The molecule has 2 N–H and O–H groups in total. The van der Waals surface area contributed by atoms with Gasteiger partial charge < -0.3 is 10.6 Å². The summed E-state index contributed by atoms with van der Waals surface area (Å²) < 4.78 is 0. The largest absolute Gasteiger partial charge is 0.326 e. The number of nitrogens with zero attached hydrogens (tertiary/aromatic N) is 1. The van der Waals surface area contributed by atoms with Crippen molar-refractivity contribution in [3.8, 4) is 0 Å². The van der Waals surface area contributed by atoms with Crippen LogP contribution in [0.5, 0.6) is 0 Å². The van der Waals surface area contributed by atoms with Gasteiger partial charge in [0, 0.05) is 11.6 Å². The lowest BCUT2D eigenvalue weighted by Gasteiger charge is -2.47. The van der Waals surface area contributed by atoms with Crippen LogP contribution in [-0.2, 0) is 0 Å². The highest BCUT2D eigenvalue weighted by molar-refractivity contribution is 4.97. The van der Waals surface area contributed by atoms with Crippen molar-refractivity contribution < 1.29 is 0 Å². The van der Waals surface area contributed by atoms with Crippen LogP contribution in [0.25, 0.3) is 0 Å². The molecule has 1 aliphatic rings. The average Bonchev–Trinajstić information content (AvgIpc) is 2.30. The van der Waals surface area contributed by atoms with Gasteiger partial charge in [-0.3, -0.25) is 0 Å². The molecule has 102 valence electrons. The van der Waals surface area contributed by atoms with Gasteiger partial charge in [0.1, 0.15) is 0 Å². The van der Waals surface area contributed by atoms with E-state index in [1.807, 2.05) is 0 Å². The number of likely N-dealkylation sites (N-methyl/N-ethyl adjacent to an activating group) is 1. The molecule has 5 atom stereocenters. The maximum Gasteiger partial charge on any atom is 0.0326 e. The van der Waals surface area contributed by atoms with Crippen molar-refractivity contribution in [1.29, 1.82) is 0 Å². The first-order chi connectivity index (χ1) is 7.82. The van der Waals surface area contributed by atoms with E-state index in [0.29, 0.717) is 12.0 Å². The van der Waals surface area contributed by atoms with Gasteiger partial charge in [0.2, 0.25) is 0 Å². The summed E-state index contributed by atoms with van der Waals surface area (Å²) in [7, 11) is 4.33. The molecule has 0 amide bonds. The highest BCUT2D eigenvalue weighted by Crippen LogP contribution is 2.38. The topological polar surface area (TPSA) is 29.3 Å². The Morgan fingerprint density at radius 1 is 1.24 bits per heavy atom. The number of hydrogen-bond donors (Lipinski definition) is 1. The summed E-state index contributed by atoms with van der Waals surface area (Å²) in [6.45, 7) is 9.36. The lowest BCUT2D eigenvalue weighted by molar-refractivity contribution is 0.0701. The van der Waals surface area contributed by atoms with Gasteiger partial charge in [-0.1, -0.05) is 27.2 Å². The Kier molecular flexibility index (Phi) is 5.03. The van der Waals surface area contributed by atoms with Crippen molar-refractivity contribution in [2.45, 2.75) is 65.0 Å². The van der Waals surface area contributed by atoms with Crippen LogP contribution in [-0.4, -0.2) is 30.6 Å². The molecule has 0 aromatic carbocycles. The van der Waals surface area contributed by atoms with Gasteiger partial charge in [0.25, 0.3) is 0 Å². The number of rotatable bonds is 4. The van der Waals surface area contributed by atoms with Crippen LogP contribution in [0.15, 0.2) is 0 Å². The molecule has 1 fully saturated rings. The highest BCUT2D eigenvalue weighted by Gasteiger charge is 2.39. The SMILES string of the molecule is CCC(C)(C(N)C1CCC(C)C(C)C1)N(C)C. The Morgan fingerprint density at radius 3 is 2.24 bits per heavy atom. The first kappa shape index (κ1) is 15.0. The van der Waals surface area contributed by atoms with Crippen molar-refractivity contribution in [3.63, 3.8) is 0 Å². The molecule has 2 heteroatoms. The van der Waals surface area contributed by atoms with Gasteiger partial charge in [-0.05, 0) is 58.0 Å². The molecule has 0 aromatic heterocycles. The van der Waals surface area contributed by atoms with Crippen molar-refractivity contribution >= 4 is 0 Å². The van der Waals surface area contributed by atoms with Crippen LogP contribution in [0.2, 0.25) is 0 Å². The molecule has 0 aromatic rings. The fourth-order valence-electron chi connectivity index (χ4n) is 3.27. The molecule has 0 spiro atoms. The van der Waals surface area contributed by atoms with E-state index in [-0.39, 0.29) is 5.54 Å². The van der Waals surface area contributed by atoms with Gasteiger partial charge in [-0.15, -0.1) is 0 Å². The lowest BCUT2D eigenvalue weighted by Crippen LogP contribution is -2.58. The minimum Gasteiger partial charge on any atom is -0.326 e. The predicted octanol–water partition coefficient (Wildman–Crippen LogP) is 3.12. The van der Waals surface area contributed by atoms with E-state index in [0.717, 1.165) is 18.3 Å². The van der Waals surface area contributed by atoms with E-state index in [2.05, 4.69) is 46.7 Å². The summed E-state index contributed by atoms with van der Waals surface area (Å²) in [5, 5.41) is 0. The van der Waals surface area contributed by atoms with Crippen LogP contribution in [0, 0.1) is 17.8 Å². The quantitative estimate of drug-likeness (QED) is 0.818. The van der Waals surface area contributed by atoms with Crippen molar-refractivity contribution in [2.24, 2.45) is 23.5 Å². The summed E-state index contributed by atoms with van der Waals surface area (Å²) in [5.74, 6) is 2.42. The van der Waals surface area contributed by atoms with Crippen LogP contribution in [0.1, 0.15) is 53.4 Å². The first-order valence-electron chi connectivity index (χ1n) is 7.26. The molecule has 0 saturated heterocycles. The van der Waals surface area contributed by atoms with Gasteiger partial charge in [0.15, 0.2) is 0 Å². The second kappa shape index (κ2) is 5.71. The maximum absolute atomic E-state index is 6.60. The molecular formula is C15H32N2. The molecule has 0 heterocycles. The van der Waals surface area contributed by atoms with Crippen molar-refractivity contribution in [2.75, 3.05) is 14.1 Å². The molecule has 0 radical (unpaired) electrons. The van der Waals surface area contributed by atoms with Gasteiger partial charge in [-0.2, -0.15) is 0 Å². The van der Waals surface area contributed by atoms with Gasteiger partial charge in [0.05, 0.1) is 0 Å². The van der Waals surface area contributed by atoms with Crippen LogP contribution in [0.4, 0.5) is 0 Å². The van der Waals surface area contributed by atoms with Gasteiger partial charge in [-0.25, -0.2) is 0 Å². The van der Waals surface area contributed by atoms with Crippen LogP contribution < -0.4 is 5.73 Å². The van der Waals surface area contributed by atoms with E-state index in [4.69, 9.17) is 5.73 Å². The van der Waals surface area contributed by atoms with Crippen LogP contribution in [0.3, 0.4) is 0 Å². The maximum atomic E-state index is 6.60. The average molecular weight is 240 g/mol. The normalized spacial score (nSPS) is 35.6. The molecule has 0 bridgehead atoms. The zero-order valence-corrected chi connectivity index (χ0v) is 12.7. The molecule has 1 aliphatic carbocycles. The van der Waals surface area contributed by atoms with Crippen molar-refractivity contribution in [1.82, 2.24) is 4.90 Å². The number of hydrogen-bond acceptors (Lipinski definition) is 2. The third-order valence-corrected chi connectivity index (χ3v) is 5.60. The summed E-state index contributed by atoms with van der Waals surface area (Å²) in [6.07, 6.45) is 5.11. The second-order valence-electron chi connectivity index (χ2n) is 6.66. The highest BCUT2D eigenvalue weighted by atomic mass is 15.2. The minimum absolute atomic E-state index is 0.144. The van der Waals surface area contributed by atoms with Crippen molar-refractivity contribution in [3.05, 3.63) is 0 Å².